The topological polar surface area (TPSA) is 50.8 Å². The van der Waals surface area contributed by atoms with Gasteiger partial charge in [-0.25, -0.2) is 9.37 Å². The van der Waals surface area contributed by atoms with Crippen molar-refractivity contribution >= 4 is 0 Å². The summed E-state index contributed by atoms with van der Waals surface area (Å²) >= 11 is 0. The highest BCUT2D eigenvalue weighted by Crippen LogP contribution is 2.39. The van der Waals surface area contributed by atoms with Gasteiger partial charge in [-0.1, -0.05) is 0 Å². The molecule has 0 spiro atoms. The Morgan fingerprint density at radius 3 is 2.72 bits per heavy atom. The highest BCUT2D eigenvalue weighted by molar-refractivity contribution is 5.61. The molecule has 1 saturated carbocycles. The molecule has 2 heterocycles. The number of pyridine rings is 1. The van der Waals surface area contributed by atoms with E-state index in [2.05, 4.69) is 21.0 Å². The molecule has 1 aromatic carbocycles. The quantitative estimate of drug-likeness (QED) is 0.735. The molecule has 1 aliphatic carbocycles. The summed E-state index contributed by atoms with van der Waals surface area (Å²) in [5.74, 6) is 2.08. The second-order valence-electron chi connectivity index (χ2n) is 6.67. The number of rotatable bonds is 5. The van der Waals surface area contributed by atoms with Gasteiger partial charge in [0.2, 0.25) is 0 Å². The van der Waals surface area contributed by atoms with Crippen LogP contribution in [0.15, 0.2) is 36.7 Å². The van der Waals surface area contributed by atoms with E-state index in [4.69, 9.17) is 4.74 Å². The van der Waals surface area contributed by atoms with Crippen LogP contribution in [-0.4, -0.2) is 15.0 Å². The second kappa shape index (κ2) is 6.31. The van der Waals surface area contributed by atoms with E-state index in [1.807, 2.05) is 32.2 Å². The van der Waals surface area contributed by atoms with Crippen molar-refractivity contribution in [1.82, 2.24) is 15.0 Å². The Morgan fingerprint density at radius 2 is 2.00 bits per heavy atom. The smallest absolute Gasteiger partial charge is 0.148 e. The molecule has 5 heteroatoms. The van der Waals surface area contributed by atoms with E-state index < -0.39 is 0 Å². The summed E-state index contributed by atoms with van der Waals surface area (Å²) in [6.07, 6.45) is 5.98. The van der Waals surface area contributed by atoms with Gasteiger partial charge in [0.05, 0.1) is 11.9 Å². The Bertz CT molecular complexity index is 915. The van der Waals surface area contributed by atoms with E-state index in [1.54, 1.807) is 6.20 Å². The molecular weight excluding hydrogens is 317 g/mol. The van der Waals surface area contributed by atoms with Gasteiger partial charge in [0.1, 0.15) is 29.7 Å². The number of nitrogens with one attached hydrogen (secondary N) is 1. The van der Waals surface area contributed by atoms with E-state index in [1.165, 1.54) is 18.9 Å². The summed E-state index contributed by atoms with van der Waals surface area (Å²) in [7, 11) is 0. The van der Waals surface area contributed by atoms with Gasteiger partial charge in [-0.3, -0.25) is 4.98 Å². The molecule has 4 rings (SSSR count). The lowest BCUT2D eigenvalue weighted by atomic mass is 10.1. The molecule has 25 heavy (non-hydrogen) atoms. The second-order valence-corrected chi connectivity index (χ2v) is 6.67. The van der Waals surface area contributed by atoms with Gasteiger partial charge in [-0.05, 0) is 62.1 Å². The molecule has 1 fully saturated rings. The fourth-order valence-corrected chi connectivity index (χ4v) is 2.84. The predicted molar refractivity (Wildman–Crippen MR) is 94.0 cm³/mol. The summed E-state index contributed by atoms with van der Waals surface area (Å²) in [4.78, 5) is 12.0. The molecule has 128 valence electrons. The summed E-state index contributed by atoms with van der Waals surface area (Å²) in [6.45, 7) is 3.91. The molecule has 0 bridgehead atoms. The fraction of sp³-hybridized carbons (Fsp3) is 0.300. The normalized spacial score (nSPS) is 13.9. The molecule has 1 aliphatic rings. The van der Waals surface area contributed by atoms with Crippen LogP contribution in [-0.2, 0) is 6.61 Å². The number of aryl methyl sites for hydroxylation is 2. The molecular formula is C20H20FN3O. The molecule has 3 aromatic rings. The van der Waals surface area contributed by atoms with E-state index in [0.717, 1.165) is 34.0 Å². The largest absolute Gasteiger partial charge is 0.487 e. The number of hydrogen-bond donors (Lipinski definition) is 1. The third-order valence-electron chi connectivity index (χ3n) is 4.46. The lowest BCUT2D eigenvalue weighted by Gasteiger charge is -2.10. The molecule has 1 N–H and O–H groups in total. The van der Waals surface area contributed by atoms with Gasteiger partial charge in [0.15, 0.2) is 0 Å². The van der Waals surface area contributed by atoms with Crippen LogP contribution >= 0.6 is 0 Å². The van der Waals surface area contributed by atoms with Crippen LogP contribution < -0.4 is 4.74 Å². The van der Waals surface area contributed by atoms with Crippen molar-refractivity contribution in [1.29, 1.82) is 0 Å². The number of halogens is 1. The number of nitrogens with zero attached hydrogens (tertiary/aromatic N) is 2. The van der Waals surface area contributed by atoms with E-state index in [0.29, 0.717) is 11.6 Å². The molecule has 0 saturated heterocycles. The Hall–Kier alpha value is -2.69. The molecule has 4 nitrogen and oxygen atoms in total. The van der Waals surface area contributed by atoms with Gasteiger partial charge in [-0.15, -0.1) is 0 Å². The van der Waals surface area contributed by atoms with E-state index >= 15 is 0 Å². The van der Waals surface area contributed by atoms with Crippen molar-refractivity contribution in [2.75, 3.05) is 0 Å². The molecule has 0 radical (unpaired) electrons. The van der Waals surface area contributed by atoms with Crippen LogP contribution in [0.1, 0.15) is 41.4 Å². The van der Waals surface area contributed by atoms with Gasteiger partial charge in [0, 0.05) is 17.7 Å². The van der Waals surface area contributed by atoms with Crippen LogP contribution in [0.25, 0.3) is 11.3 Å². The van der Waals surface area contributed by atoms with Crippen molar-refractivity contribution in [3.05, 3.63) is 65.1 Å². The molecule has 0 unspecified atom stereocenters. The number of ether oxygens (including phenoxy) is 1. The number of imidazole rings is 1. The Labute approximate surface area is 146 Å². The minimum atomic E-state index is -0.334. The van der Waals surface area contributed by atoms with Crippen LogP contribution in [0.4, 0.5) is 4.39 Å². The number of benzene rings is 1. The zero-order valence-corrected chi connectivity index (χ0v) is 14.3. The van der Waals surface area contributed by atoms with E-state index in [-0.39, 0.29) is 12.4 Å². The third-order valence-corrected chi connectivity index (χ3v) is 4.46. The standard InChI is InChI=1S/C20H20FN3O/c1-12-7-16(21)18(22-9-12)11-25-19-6-5-15(8-13(19)2)17-10-23-20(24-17)14-3-4-14/h5-10,14H,3-4,11H2,1-2H3,(H,23,24). The first kappa shape index (κ1) is 15.8. The molecule has 0 aliphatic heterocycles. The van der Waals surface area contributed by atoms with Crippen molar-refractivity contribution in [3.63, 3.8) is 0 Å². The first-order valence-corrected chi connectivity index (χ1v) is 8.50. The van der Waals surface area contributed by atoms with Crippen molar-refractivity contribution in [2.24, 2.45) is 0 Å². The Morgan fingerprint density at radius 1 is 1.16 bits per heavy atom. The number of aromatic amines is 1. The minimum absolute atomic E-state index is 0.113. The average molecular weight is 337 g/mol. The highest BCUT2D eigenvalue weighted by atomic mass is 19.1. The first-order valence-electron chi connectivity index (χ1n) is 8.50. The van der Waals surface area contributed by atoms with E-state index in [9.17, 15) is 4.39 Å². The zero-order chi connectivity index (χ0) is 17.4. The van der Waals surface area contributed by atoms with Gasteiger partial charge in [0.25, 0.3) is 0 Å². The summed E-state index contributed by atoms with van der Waals surface area (Å²) in [5.41, 5.74) is 4.20. The maximum Gasteiger partial charge on any atom is 0.148 e. The average Bonchev–Trinajstić information content (AvgIpc) is 3.32. The predicted octanol–water partition coefficient (Wildman–Crippen LogP) is 4.68. The van der Waals surface area contributed by atoms with Crippen molar-refractivity contribution < 1.29 is 9.13 Å². The Balaban J connectivity index is 1.49. The lowest BCUT2D eigenvalue weighted by molar-refractivity contribution is 0.292. The lowest BCUT2D eigenvalue weighted by Crippen LogP contribution is -2.03. The minimum Gasteiger partial charge on any atom is -0.487 e. The van der Waals surface area contributed by atoms with Crippen LogP contribution in [0.3, 0.4) is 0 Å². The monoisotopic (exact) mass is 337 g/mol. The highest BCUT2D eigenvalue weighted by Gasteiger charge is 2.26. The molecule has 0 amide bonds. The maximum atomic E-state index is 13.9. The summed E-state index contributed by atoms with van der Waals surface area (Å²) in [6, 6.07) is 7.43. The fourth-order valence-electron chi connectivity index (χ4n) is 2.84. The van der Waals surface area contributed by atoms with Gasteiger partial charge in [-0.2, -0.15) is 0 Å². The molecule has 2 aromatic heterocycles. The maximum absolute atomic E-state index is 13.9. The SMILES string of the molecule is Cc1cnc(COc2ccc(-c3cnc(C4CC4)[nH]3)cc2C)c(F)c1. The zero-order valence-electron chi connectivity index (χ0n) is 14.3. The Kier molecular flexibility index (Phi) is 3.99. The van der Waals surface area contributed by atoms with Gasteiger partial charge < -0.3 is 9.72 Å². The third kappa shape index (κ3) is 3.40. The molecule has 0 atom stereocenters. The van der Waals surface area contributed by atoms with Gasteiger partial charge >= 0.3 is 0 Å². The van der Waals surface area contributed by atoms with Crippen LogP contribution in [0, 0.1) is 19.7 Å². The summed E-state index contributed by atoms with van der Waals surface area (Å²) < 4.78 is 19.6. The van der Waals surface area contributed by atoms with Crippen LogP contribution in [0.2, 0.25) is 0 Å². The first-order chi connectivity index (χ1) is 12.1. The van der Waals surface area contributed by atoms with Crippen LogP contribution in [0.5, 0.6) is 5.75 Å². The number of H-pyrrole nitrogens is 1. The number of hydrogen-bond acceptors (Lipinski definition) is 3. The van der Waals surface area contributed by atoms with Crippen molar-refractivity contribution in [2.45, 2.75) is 39.2 Å². The van der Waals surface area contributed by atoms with Crippen molar-refractivity contribution in [3.8, 4) is 17.0 Å². The summed E-state index contributed by atoms with van der Waals surface area (Å²) in [5, 5.41) is 0. The number of aromatic nitrogens is 3.